The largest absolute Gasteiger partial charge is 0.306 e. The van der Waals surface area contributed by atoms with Crippen LogP contribution in [0.25, 0.3) is 5.69 Å². The van der Waals surface area contributed by atoms with Crippen LogP contribution >= 0.6 is 0 Å². The SMILES string of the molecule is O=CCc1ccc(-n2ccnc2)cc1. The summed E-state index contributed by atoms with van der Waals surface area (Å²) in [5.41, 5.74) is 2.08. The number of hydrogen-bond acceptors (Lipinski definition) is 2. The van der Waals surface area contributed by atoms with Crippen LogP contribution in [0, 0.1) is 0 Å². The Balaban J connectivity index is 2.26. The van der Waals surface area contributed by atoms with Crippen molar-refractivity contribution in [2.45, 2.75) is 6.42 Å². The molecule has 0 fully saturated rings. The van der Waals surface area contributed by atoms with Gasteiger partial charge in [-0.1, -0.05) is 12.1 Å². The highest BCUT2D eigenvalue weighted by molar-refractivity contribution is 5.55. The Morgan fingerprint density at radius 1 is 1.29 bits per heavy atom. The quantitative estimate of drug-likeness (QED) is 0.682. The Morgan fingerprint density at radius 3 is 2.64 bits per heavy atom. The first-order valence-electron chi connectivity index (χ1n) is 4.41. The third-order valence-electron chi connectivity index (χ3n) is 2.06. The maximum atomic E-state index is 10.3. The molecular formula is C11H10N2O. The van der Waals surface area contributed by atoms with Crippen LogP contribution in [-0.4, -0.2) is 15.8 Å². The lowest BCUT2D eigenvalue weighted by atomic mass is 10.1. The summed E-state index contributed by atoms with van der Waals surface area (Å²) in [5.74, 6) is 0. The summed E-state index contributed by atoms with van der Waals surface area (Å²) in [6.45, 7) is 0. The standard InChI is InChI=1S/C11H10N2O/c14-8-5-10-1-3-11(4-2-10)13-7-6-12-9-13/h1-4,6-9H,5H2. The zero-order valence-electron chi connectivity index (χ0n) is 7.63. The number of hydrogen-bond donors (Lipinski definition) is 0. The van der Waals surface area contributed by atoms with Crippen LogP contribution in [0.3, 0.4) is 0 Å². The van der Waals surface area contributed by atoms with Gasteiger partial charge in [-0.05, 0) is 17.7 Å². The highest BCUT2D eigenvalue weighted by atomic mass is 16.1. The zero-order valence-corrected chi connectivity index (χ0v) is 7.63. The minimum atomic E-state index is 0.476. The third kappa shape index (κ3) is 1.71. The Labute approximate surface area is 82.0 Å². The van der Waals surface area contributed by atoms with Crippen molar-refractivity contribution < 1.29 is 4.79 Å². The highest BCUT2D eigenvalue weighted by Gasteiger charge is 1.95. The number of aromatic nitrogens is 2. The normalized spacial score (nSPS) is 10.0. The molecule has 0 radical (unpaired) electrons. The molecule has 70 valence electrons. The molecule has 1 aromatic heterocycles. The molecule has 0 N–H and O–H groups in total. The van der Waals surface area contributed by atoms with Crippen molar-refractivity contribution in [2.24, 2.45) is 0 Å². The van der Waals surface area contributed by atoms with Gasteiger partial charge in [0.15, 0.2) is 0 Å². The van der Waals surface area contributed by atoms with Gasteiger partial charge >= 0.3 is 0 Å². The summed E-state index contributed by atoms with van der Waals surface area (Å²) in [5, 5.41) is 0. The molecule has 0 amide bonds. The zero-order chi connectivity index (χ0) is 9.80. The number of aldehydes is 1. The Bertz CT molecular complexity index is 403. The van der Waals surface area contributed by atoms with Gasteiger partial charge in [-0.15, -0.1) is 0 Å². The Morgan fingerprint density at radius 2 is 2.07 bits per heavy atom. The second kappa shape index (κ2) is 3.87. The fraction of sp³-hybridized carbons (Fsp3) is 0.0909. The molecule has 1 heterocycles. The van der Waals surface area contributed by atoms with Gasteiger partial charge in [0.2, 0.25) is 0 Å². The van der Waals surface area contributed by atoms with E-state index in [0.717, 1.165) is 17.5 Å². The first-order valence-corrected chi connectivity index (χ1v) is 4.41. The number of nitrogens with zero attached hydrogens (tertiary/aromatic N) is 2. The maximum absolute atomic E-state index is 10.3. The second-order valence-electron chi connectivity index (χ2n) is 3.01. The molecule has 0 aliphatic carbocycles. The summed E-state index contributed by atoms with van der Waals surface area (Å²) in [6.07, 6.45) is 6.75. The summed E-state index contributed by atoms with van der Waals surface area (Å²) < 4.78 is 1.92. The van der Waals surface area contributed by atoms with Crippen molar-refractivity contribution in [1.82, 2.24) is 9.55 Å². The first kappa shape index (κ1) is 8.69. The van der Waals surface area contributed by atoms with E-state index in [1.807, 2.05) is 35.0 Å². The van der Waals surface area contributed by atoms with Crippen molar-refractivity contribution >= 4 is 6.29 Å². The van der Waals surface area contributed by atoms with E-state index in [-0.39, 0.29) is 0 Å². The predicted molar refractivity (Wildman–Crippen MR) is 53.3 cm³/mol. The van der Waals surface area contributed by atoms with E-state index in [0.29, 0.717) is 6.42 Å². The molecule has 2 rings (SSSR count). The number of imidazole rings is 1. The molecule has 2 aromatic rings. The van der Waals surface area contributed by atoms with E-state index >= 15 is 0 Å². The molecule has 1 aromatic carbocycles. The predicted octanol–water partition coefficient (Wildman–Crippen LogP) is 1.61. The maximum Gasteiger partial charge on any atom is 0.124 e. The van der Waals surface area contributed by atoms with E-state index in [4.69, 9.17) is 0 Å². The lowest BCUT2D eigenvalue weighted by molar-refractivity contribution is -0.107. The minimum absolute atomic E-state index is 0.476. The fourth-order valence-electron chi connectivity index (χ4n) is 1.31. The van der Waals surface area contributed by atoms with Gasteiger partial charge in [0, 0.05) is 24.5 Å². The smallest absolute Gasteiger partial charge is 0.124 e. The average Bonchev–Trinajstić information content (AvgIpc) is 2.72. The number of benzene rings is 1. The van der Waals surface area contributed by atoms with Gasteiger partial charge in [-0.2, -0.15) is 0 Å². The molecule has 3 nitrogen and oxygen atoms in total. The van der Waals surface area contributed by atoms with Gasteiger partial charge < -0.3 is 9.36 Å². The first-order chi connectivity index (χ1) is 6.90. The fourth-order valence-corrected chi connectivity index (χ4v) is 1.31. The monoisotopic (exact) mass is 186 g/mol. The minimum Gasteiger partial charge on any atom is -0.306 e. The summed E-state index contributed by atoms with van der Waals surface area (Å²) in [4.78, 5) is 14.2. The summed E-state index contributed by atoms with van der Waals surface area (Å²) in [6, 6.07) is 7.84. The van der Waals surface area contributed by atoms with Crippen molar-refractivity contribution in [3.63, 3.8) is 0 Å². The third-order valence-corrected chi connectivity index (χ3v) is 2.06. The summed E-state index contributed by atoms with van der Waals surface area (Å²) in [7, 11) is 0. The van der Waals surface area contributed by atoms with Gasteiger partial charge in [-0.25, -0.2) is 4.98 Å². The lowest BCUT2D eigenvalue weighted by Gasteiger charge is -2.02. The van der Waals surface area contributed by atoms with Crippen LogP contribution in [0.1, 0.15) is 5.56 Å². The number of carbonyl (C=O) groups is 1. The van der Waals surface area contributed by atoms with Crippen LogP contribution in [0.5, 0.6) is 0 Å². The van der Waals surface area contributed by atoms with Crippen molar-refractivity contribution in [1.29, 1.82) is 0 Å². The molecule has 14 heavy (non-hydrogen) atoms. The van der Waals surface area contributed by atoms with Crippen LogP contribution in [0.4, 0.5) is 0 Å². The molecule has 0 saturated carbocycles. The van der Waals surface area contributed by atoms with Crippen LogP contribution < -0.4 is 0 Å². The molecule has 0 unspecified atom stereocenters. The van der Waals surface area contributed by atoms with Gasteiger partial charge in [0.1, 0.15) is 6.29 Å². The highest BCUT2D eigenvalue weighted by Crippen LogP contribution is 2.08. The van der Waals surface area contributed by atoms with Gasteiger partial charge in [-0.3, -0.25) is 0 Å². The molecular weight excluding hydrogens is 176 g/mol. The number of carbonyl (C=O) groups excluding carboxylic acids is 1. The van der Waals surface area contributed by atoms with Crippen LogP contribution in [-0.2, 0) is 11.2 Å². The van der Waals surface area contributed by atoms with E-state index in [1.165, 1.54) is 0 Å². The Kier molecular flexibility index (Phi) is 2.40. The van der Waals surface area contributed by atoms with Crippen LogP contribution in [0.15, 0.2) is 43.0 Å². The van der Waals surface area contributed by atoms with Gasteiger partial charge in [0.25, 0.3) is 0 Å². The van der Waals surface area contributed by atoms with E-state index < -0.39 is 0 Å². The molecule has 0 atom stereocenters. The molecule has 0 bridgehead atoms. The van der Waals surface area contributed by atoms with Crippen LogP contribution in [0.2, 0.25) is 0 Å². The molecule has 0 spiro atoms. The van der Waals surface area contributed by atoms with Crippen molar-refractivity contribution in [3.05, 3.63) is 48.5 Å². The molecule has 3 heteroatoms. The molecule has 0 aliphatic rings. The van der Waals surface area contributed by atoms with Gasteiger partial charge in [0.05, 0.1) is 6.33 Å². The van der Waals surface area contributed by atoms with E-state index in [1.54, 1.807) is 12.5 Å². The van der Waals surface area contributed by atoms with E-state index in [9.17, 15) is 4.79 Å². The molecule has 0 saturated heterocycles. The Hall–Kier alpha value is -1.90. The van der Waals surface area contributed by atoms with E-state index in [2.05, 4.69) is 4.98 Å². The summed E-state index contributed by atoms with van der Waals surface area (Å²) >= 11 is 0. The topological polar surface area (TPSA) is 34.9 Å². The van der Waals surface area contributed by atoms with Crippen molar-refractivity contribution in [3.8, 4) is 5.69 Å². The lowest BCUT2D eigenvalue weighted by Crippen LogP contribution is -1.91. The number of rotatable bonds is 3. The van der Waals surface area contributed by atoms with Crippen molar-refractivity contribution in [2.75, 3.05) is 0 Å². The molecule has 0 aliphatic heterocycles. The average molecular weight is 186 g/mol. The second-order valence-corrected chi connectivity index (χ2v) is 3.01.